The molecular formula is C11H6BrNS. The van der Waals surface area contributed by atoms with Gasteiger partial charge >= 0.3 is 0 Å². The monoisotopic (exact) mass is 263 g/mol. The summed E-state index contributed by atoms with van der Waals surface area (Å²) < 4.78 is 3.63. The van der Waals surface area contributed by atoms with Crippen molar-refractivity contribution in [2.75, 3.05) is 0 Å². The first-order chi connectivity index (χ1) is 6.86. The Bertz CT molecular complexity index is 615. The standard InChI is InChI=1S/C11H6BrNS/c12-8-5-13-6-10-11(8)7-3-1-2-4-9(7)14-10/h1-6H. The molecule has 3 aromatic rings. The lowest BCUT2D eigenvalue weighted by atomic mass is 10.2. The average Bonchev–Trinajstić information content (AvgIpc) is 2.57. The second-order valence-corrected chi connectivity index (χ2v) is 5.03. The lowest BCUT2D eigenvalue weighted by Gasteiger charge is -1.93. The third kappa shape index (κ3) is 1.09. The van der Waals surface area contributed by atoms with Crippen LogP contribution in [-0.2, 0) is 0 Å². The van der Waals surface area contributed by atoms with Crippen LogP contribution < -0.4 is 0 Å². The number of thiophene rings is 1. The van der Waals surface area contributed by atoms with Gasteiger partial charge in [-0.05, 0) is 22.0 Å². The summed E-state index contributed by atoms with van der Waals surface area (Å²) in [5.41, 5.74) is 0. The predicted octanol–water partition coefficient (Wildman–Crippen LogP) is 4.21. The number of fused-ring (bicyclic) bond motifs is 3. The van der Waals surface area contributed by atoms with Crippen LogP contribution >= 0.6 is 27.3 Å². The highest BCUT2D eigenvalue weighted by Crippen LogP contribution is 2.36. The molecule has 14 heavy (non-hydrogen) atoms. The van der Waals surface area contributed by atoms with Gasteiger partial charge in [-0.15, -0.1) is 11.3 Å². The molecule has 3 rings (SSSR count). The fourth-order valence-electron chi connectivity index (χ4n) is 1.64. The van der Waals surface area contributed by atoms with Gasteiger partial charge in [0.25, 0.3) is 0 Å². The van der Waals surface area contributed by atoms with E-state index in [4.69, 9.17) is 0 Å². The van der Waals surface area contributed by atoms with Crippen LogP contribution in [0.3, 0.4) is 0 Å². The van der Waals surface area contributed by atoms with E-state index in [1.54, 1.807) is 11.3 Å². The van der Waals surface area contributed by atoms with Crippen molar-refractivity contribution >= 4 is 47.4 Å². The van der Waals surface area contributed by atoms with Crippen molar-refractivity contribution in [3.63, 3.8) is 0 Å². The predicted molar refractivity (Wildman–Crippen MR) is 64.8 cm³/mol. The van der Waals surface area contributed by atoms with Crippen LogP contribution in [0.15, 0.2) is 41.1 Å². The summed E-state index contributed by atoms with van der Waals surface area (Å²) in [6.07, 6.45) is 3.77. The lowest BCUT2D eigenvalue weighted by molar-refractivity contribution is 1.36. The summed E-state index contributed by atoms with van der Waals surface area (Å²) in [6.45, 7) is 0. The highest BCUT2D eigenvalue weighted by Gasteiger charge is 2.06. The summed E-state index contributed by atoms with van der Waals surface area (Å²) in [6, 6.07) is 8.44. The molecule has 0 bridgehead atoms. The molecule has 0 fully saturated rings. The molecule has 1 nitrogen and oxygen atoms in total. The fraction of sp³-hybridized carbons (Fsp3) is 0. The Kier molecular flexibility index (Phi) is 1.82. The van der Waals surface area contributed by atoms with Crippen molar-refractivity contribution in [1.29, 1.82) is 0 Å². The van der Waals surface area contributed by atoms with Gasteiger partial charge in [-0.25, -0.2) is 0 Å². The van der Waals surface area contributed by atoms with Crippen LogP contribution in [0.5, 0.6) is 0 Å². The van der Waals surface area contributed by atoms with Gasteiger partial charge < -0.3 is 0 Å². The van der Waals surface area contributed by atoms with Gasteiger partial charge in [0.05, 0.1) is 4.70 Å². The fourth-order valence-corrected chi connectivity index (χ4v) is 3.41. The maximum atomic E-state index is 4.17. The Morgan fingerprint density at radius 2 is 1.93 bits per heavy atom. The van der Waals surface area contributed by atoms with E-state index in [1.807, 2.05) is 12.4 Å². The molecule has 0 spiro atoms. The van der Waals surface area contributed by atoms with Gasteiger partial charge in [-0.1, -0.05) is 18.2 Å². The van der Waals surface area contributed by atoms with Crippen molar-refractivity contribution in [1.82, 2.24) is 4.98 Å². The SMILES string of the molecule is Brc1cncc2sc3ccccc3c12. The average molecular weight is 264 g/mol. The van der Waals surface area contributed by atoms with Crippen LogP contribution in [-0.4, -0.2) is 4.98 Å². The molecule has 0 aliphatic carbocycles. The molecule has 0 aliphatic rings. The van der Waals surface area contributed by atoms with Crippen molar-refractivity contribution in [3.8, 4) is 0 Å². The molecule has 0 aliphatic heterocycles. The number of rotatable bonds is 0. The molecular weight excluding hydrogens is 258 g/mol. The Labute approximate surface area is 93.5 Å². The molecule has 68 valence electrons. The number of nitrogens with zero attached hydrogens (tertiary/aromatic N) is 1. The van der Waals surface area contributed by atoms with E-state index in [0.717, 1.165) is 4.47 Å². The van der Waals surface area contributed by atoms with E-state index in [0.29, 0.717) is 0 Å². The van der Waals surface area contributed by atoms with Crippen molar-refractivity contribution in [2.45, 2.75) is 0 Å². The molecule has 2 heterocycles. The zero-order valence-corrected chi connectivity index (χ0v) is 9.60. The molecule has 3 heteroatoms. The minimum Gasteiger partial charge on any atom is -0.262 e. The first-order valence-corrected chi connectivity index (χ1v) is 5.88. The minimum absolute atomic E-state index is 1.08. The number of hydrogen-bond acceptors (Lipinski definition) is 2. The molecule has 1 aromatic carbocycles. The van der Waals surface area contributed by atoms with Gasteiger partial charge in [0, 0.05) is 32.3 Å². The number of benzene rings is 1. The second kappa shape index (κ2) is 3.04. The van der Waals surface area contributed by atoms with E-state index < -0.39 is 0 Å². The van der Waals surface area contributed by atoms with Crippen LogP contribution in [0.25, 0.3) is 20.2 Å². The van der Waals surface area contributed by atoms with Crippen LogP contribution in [0, 0.1) is 0 Å². The molecule has 0 saturated heterocycles. The Hall–Kier alpha value is -0.930. The van der Waals surface area contributed by atoms with Gasteiger partial charge in [-0.3, -0.25) is 4.98 Å². The van der Waals surface area contributed by atoms with E-state index in [-0.39, 0.29) is 0 Å². The van der Waals surface area contributed by atoms with E-state index in [2.05, 4.69) is 45.2 Å². The Morgan fingerprint density at radius 1 is 1.07 bits per heavy atom. The van der Waals surface area contributed by atoms with Gasteiger partial charge in [0.15, 0.2) is 0 Å². The molecule has 0 saturated carbocycles. The van der Waals surface area contributed by atoms with Gasteiger partial charge in [-0.2, -0.15) is 0 Å². The van der Waals surface area contributed by atoms with E-state index in [1.165, 1.54) is 20.2 Å². The Morgan fingerprint density at radius 3 is 2.86 bits per heavy atom. The first-order valence-electron chi connectivity index (χ1n) is 4.27. The number of aromatic nitrogens is 1. The summed E-state index contributed by atoms with van der Waals surface area (Å²) in [5, 5.41) is 2.59. The van der Waals surface area contributed by atoms with Crippen LogP contribution in [0.2, 0.25) is 0 Å². The largest absolute Gasteiger partial charge is 0.262 e. The van der Waals surface area contributed by atoms with Crippen molar-refractivity contribution < 1.29 is 0 Å². The smallest absolute Gasteiger partial charge is 0.0550 e. The molecule has 0 radical (unpaired) electrons. The number of halogens is 1. The van der Waals surface area contributed by atoms with Crippen molar-refractivity contribution in [2.24, 2.45) is 0 Å². The lowest BCUT2D eigenvalue weighted by Crippen LogP contribution is -1.71. The topological polar surface area (TPSA) is 12.9 Å². The number of hydrogen-bond donors (Lipinski definition) is 0. The third-order valence-corrected chi connectivity index (χ3v) is 3.95. The van der Waals surface area contributed by atoms with Crippen LogP contribution in [0.4, 0.5) is 0 Å². The normalized spacial score (nSPS) is 11.2. The van der Waals surface area contributed by atoms with E-state index >= 15 is 0 Å². The maximum Gasteiger partial charge on any atom is 0.0550 e. The highest BCUT2D eigenvalue weighted by atomic mass is 79.9. The quantitative estimate of drug-likeness (QED) is 0.592. The highest BCUT2D eigenvalue weighted by molar-refractivity contribution is 9.10. The van der Waals surface area contributed by atoms with E-state index in [9.17, 15) is 0 Å². The van der Waals surface area contributed by atoms with Gasteiger partial charge in [0.1, 0.15) is 0 Å². The maximum absolute atomic E-state index is 4.17. The summed E-state index contributed by atoms with van der Waals surface area (Å²) in [4.78, 5) is 4.17. The molecule has 0 unspecified atom stereocenters. The number of pyridine rings is 1. The second-order valence-electron chi connectivity index (χ2n) is 3.09. The summed E-state index contributed by atoms with van der Waals surface area (Å²) >= 11 is 5.32. The Balaban J connectivity index is 2.65. The summed E-state index contributed by atoms with van der Waals surface area (Å²) in [7, 11) is 0. The molecule has 0 atom stereocenters. The van der Waals surface area contributed by atoms with Gasteiger partial charge in [0.2, 0.25) is 0 Å². The van der Waals surface area contributed by atoms with Crippen LogP contribution in [0.1, 0.15) is 0 Å². The minimum atomic E-state index is 1.08. The zero-order chi connectivity index (χ0) is 9.54. The van der Waals surface area contributed by atoms with Crippen molar-refractivity contribution in [3.05, 3.63) is 41.1 Å². The zero-order valence-electron chi connectivity index (χ0n) is 7.20. The summed E-state index contributed by atoms with van der Waals surface area (Å²) in [5.74, 6) is 0. The first kappa shape index (κ1) is 8.38. The molecule has 2 aromatic heterocycles. The molecule has 0 amide bonds. The molecule has 0 N–H and O–H groups in total. The third-order valence-electron chi connectivity index (χ3n) is 2.24.